The smallest absolute Gasteiger partial charge is 0.193 e. The van der Waals surface area contributed by atoms with Gasteiger partial charge < -0.3 is 9.47 Å². The number of carbonyl (C=O) groups is 1. The summed E-state index contributed by atoms with van der Waals surface area (Å²) in [5.74, 6) is 2.16. The van der Waals surface area contributed by atoms with Gasteiger partial charge in [-0.15, -0.1) is 0 Å². The van der Waals surface area contributed by atoms with Crippen molar-refractivity contribution in [3.63, 3.8) is 0 Å². The lowest BCUT2D eigenvalue weighted by Gasteiger charge is -2.07. The summed E-state index contributed by atoms with van der Waals surface area (Å²) in [7, 11) is 1.60. The Morgan fingerprint density at radius 1 is 0.652 bits per heavy atom. The van der Waals surface area contributed by atoms with Gasteiger partial charge in [-0.25, -0.2) is 0 Å². The van der Waals surface area contributed by atoms with Gasteiger partial charge in [0.05, 0.1) is 7.11 Å². The Kier molecular flexibility index (Phi) is 4.39. The lowest BCUT2D eigenvalue weighted by atomic mass is 10.0. The predicted octanol–water partition coefficient (Wildman–Crippen LogP) is 4.72. The summed E-state index contributed by atoms with van der Waals surface area (Å²) in [6.45, 7) is 0. The standard InChI is InChI=1S/C20H16O3/c1-22-17-11-7-15(8-12-17)20(21)16-9-13-19(14-10-16)23-18-5-3-2-4-6-18/h2-14H,1H3. The zero-order valence-electron chi connectivity index (χ0n) is 12.7. The number of hydrogen-bond donors (Lipinski definition) is 0. The molecule has 0 saturated carbocycles. The third kappa shape index (κ3) is 3.58. The molecule has 3 heteroatoms. The van der Waals surface area contributed by atoms with E-state index in [1.807, 2.05) is 30.3 Å². The van der Waals surface area contributed by atoms with Crippen molar-refractivity contribution in [2.24, 2.45) is 0 Å². The molecule has 0 aliphatic carbocycles. The third-order valence-electron chi connectivity index (χ3n) is 3.45. The van der Waals surface area contributed by atoms with E-state index < -0.39 is 0 Å². The van der Waals surface area contributed by atoms with E-state index in [0.29, 0.717) is 16.9 Å². The zero-order chi connectivity index (χ0) is 16.1. The van der Waals surface area contributed by atoms with Crippen molar-refractivity contribution in [1.29, 1.82) is 0 Å². The van der Waals surface area contributed by atoms with Crippen LogP contribution in [0.4, 0.5) is 0 Å². The normalized spacial score (nSPS) is 10.1. The van der Waals surface area contributed by atoms with Gasteiger partial charge in [-0.3, -0.25) is 4.79 Å². The van der Waals surface area contributed by atoms with Crippen LogP contribution in [0.5, 0.6) is 17.2 Å². The SMILES string of the molecule is COc1ccc(C(=O)c2ccc(Oc3ccccc3)cc2)cc1. The Labute approximate surface area is 135 Å². The molecule has 0 aromatic heterocycles. The molecule has 3 rings (SSSR count). The average molecular weight is 304 g/mol. The molecule has 0 saturated heterocycles. The molecule has 3 aromatic carbocycles. The largest absolute Gasteiger partial charge is 0.497 e. The number of carbonyl (C=O) groups excluding carboxylic acids is 1. The topological polar surface area (TPSA) is 35.5 Å². The van der Waals surface area contributed by atoms with E-state index in [1.165, 1.54) is 0 Å². The van der Waals surface area contributed by atoms with Crippen molar-refractivity contribution < 1.29 is 14.3 Å². The Morgan fingerprint density at radius 3 is 1.65 bits per heavy atom. The van der Waals surface area contributed by atoms with Crippen molar-refractivity contribution >= 4 is 5.78 Å². The number of rotatable bonds is 5. The first-order valence-electron chi connectivity index (χ1n) is 7.28. The summed E-state index contributed by atoms with van der Waals surface area (Å²) < 4.78 is 10.8. The molecule has 0 unspecified atom stereocenters. The molecule has 114 valence electrons. The second-order valence-electron chi connectivity index (χ2n) is 5.00. The van der Waals surface area contributed by atoms with E-state index >= 15 is 0 Å². The summed E-state index contributed by atoms with van der Waals surface area (Å²) in [5, 5.41) is 0. The number of ether oxygens (including phenoxy) is 2. The van der Waals surface area contributed by atoms with E-state index in [9.17, 15) is 4.79 Å². The van der Waals surface area contributed by atoms with Crippen LogP contribution in [0.1, 0.15) is 15.9 Å². The van der Waals surface area contributed by atoms with Gasteiger partial charge in [0.15, 0.2) is 5.78 Å². The number of hydrogen-bond acceptors (Lipinski definition) is 3. The van der Waals surface area contributed by atoms with Gasteiger partial charge >= 0.3 is 0 Å². The Bertz CT molecular complexity index is 775. The molecular formula is C20H16O3. The molecule has 0 aliphatic rings. The monoisotopic (exact) mass is 304 g/mol. The number of ketones is 1. The van der Waals surface area contributed by atoms with Crippen LogP contribution in [-0.4, -0.2) is 12.9 Å². The molecule has 23 heavy (non-hydrogen) atoms. The van der Waals surface area contributed by atoms with Crippen LogP contribution < -0.4 is 9.47 Å². The molecule has 0 amide bonds. The molecular weight excluding hydrogens is 288 g/mol. The summed E-state index contributed by atoms with van der Waals surface area (Å²) in [6.07, 6.45) is 0. The van der Waals surface area contributed by atoms with Crippen molar-refractivity contribution in [2.75, 3.05) is 7.11 Å². The minimum Gasteiger partial charge on any atom is -0.497 e. The van der Waals surface area contributed by atoms with Gasteiger partial charge in [-0.1, -0.05) is 18.2 Å². The van der Waals surface area contributed by atoms with Gasteiger partial charge in [0.2, 0.25) is 0 Å². The van der Waals surface area contributed by atoms with E-state index in [4.69, 9.17) is 9.47 Å². The molecule has 0 N–H and O–H groups in total. The van der Waals surface area contributed by atoms with Crippen molar-refractivity contribution in [3.8, 4) is 17.2 Å². The average Bonchev–Trinajstić information content (AvgIpc) is 2.63. The lowest BCUT2D eigenvalue weighted by Crippen LogP contribution is -2.01. The van der Waals surface area contributed by atoms with E-state index in [1.54, 1.807) is 55.6 Å². The van der Waals surface area contributed by atoms with E-state index in [2.05, 4.69) is 0 Å². The van der Waals surface area contributed by atoms with Gasteiger partial charge in [0.25, 0.3) is 0 Å². The summed E-state index contributed by atoms with van der Waals surface area (Å²) in [4.78, 5) is 12.4. The maximum atomic E-state index is 12.4. The van der Waals surface area contributed by atoms with E-state index in [-0.39, 0.29) is 5.78 Å². The molecule has 0 aliphatic heterocycles. The van der Waals surface area contributed by atoms with Gasteiger partial charge in [-0.05, 0) is 60.7 Å². The van der Waals surface area contributed by atoms with Crippen LogP contribution in [0, 0.1) is 0 Å². The van der Waals surface area contributed by atoms with E-state index in [0.717, 1.165) is 11.5 Å². The second kappa shape index (κ2) is 6.79. The molecule has 3 aromatic rings. The Morgan fingerprint density at radius 2 is 1.13 bits per heavy atom. The maximum Gasteiger partial charge on any atom is 0.193 e. The lowest BCUT2D eigenvalue weighted by molar-refractivity contribution is 0.103. The molecule has 0 spiro atoms. The highest BCUT2D eigenvalue weighted by molar-refractivity contribution is 6.09. The molecule has 0 atom stereocenters. The molecule has 0 radical (unpaired) electrons. The number of methoxy groups -OCH3 is 1. The van der Waals surface area contributed by atoms with Crippen LogP contribution in [0.3, 0.4) is 0 Å². The third-order valence-corrected chi connectivity index (χ3v) is 3.45. The molecule has 0 fully saturated rings. The quantitative estimate of drug-likeness (QED) is 0.640. The highest BCUT2D eigenvalue weighted by atomic mass is 16.5. The van der Waals surface area contributed by atoms with Crippen LogP contribution in [0.2, 0.25) is 0 Å². The maximum absolute atomic E-state index is 12.4. The number of benzene rings is 3. The van der Waals surface area contributed by atoms with Crippen molar-refractivity contribution in [3.05, 3.63) is 90.0 Å². The first-order chi connectivity index (χ1) is 11.3. The molecule has 0 heterocycles. The first-order valence-corrected chi connectivity index (χ1v) is 7.28. The van der Waals surface area contributed by atoms with Crippen LogP contribution in [0.25, 0.3) is 0 Å². The molecule has 0 bridgehead atoms. The van der Waals surface area contributed by atoms with Crippen LogP contribution >= 0.6 is 0 Å². The predicted molar refractivity (Wildman–Crippen MR) is 89.4 cm³/mol. The van der Waals surface area contributed by atoms with Crippen LogP contribution in [0.15, 0.2) is 78.9 Å². The second-order valence-corrected chi connectivity index (χ2v) is 5.00. The van der Waals surface area contributed by atoms with Crippen molar-refractivity contribution in [2.45, 2.75) is 0 Å². The zero-order valence-corrected chi connectivity index (χ0v) is 12.7. The fraction of sp³-hybridized carbons (Fsp3) is 0.0500. The van der Waals surface area contributed by atoms with Gasteiger partial charge in [0.1, 0.15) is 17.2 Å². The summed E-state index contributed by atoms with van der Waals surface area (Å²) in [5.41, 5.74) is 1.25. The highest BCUT2D eigenvalue weighted by Gasteiger charge is 2.09. The Hall–Kier alpha value is -3.07. The number of para-hydroxylation sites is 1. The minimum absolute atomic E-state index is 0.0288. The first kappa shape index (κ1) is 14.9. The summed E-state index contributed by atoms with van der Waals surface area (Å²) in [6, 6.07) is 23.7. The van der Waals surface area contributed by atoms with Gasteiger partial charge in [0, 0.05) is 11.1 Å². The Balaban J connectivity index is 1.74. The van der Waals surface area contributed by atoms with Crippen LogP contribution in [-0.2, 0) is 0 Å². The minimum atomic E-state index is -0.0288. The van der Waals surface area contributed by atoms with Gasteiger partial charge in [-0.2, -0.15) is 0 Å². The fourth-order valence-corrected chi connectivity index (χ4v) is 2.21. The molecule has 3 nitrogen and oxygen atoms in total. The highest BCUT2D eigenvalue weighted by Crippen LogP contribution is 2.22. The summed E-state index contributed by atoms with van der Waals surface area (Å²) >= 11 is 0. The van der Waals surface area contributed by atoms with Crippen molar-refractivity contribution in [1.82, 2.24) is 0 Å². The fourth-order valence-electron chi connectivity index (χ4n) is 2.21.